The molecular formula is C34H36ClF4N5O5S. The van der Waals surface area contributed by atoms with Crippen LogP contribution in [0.3, 0.4) is 0 Å². The molecule has 3 aromatic carbocycles. The lowest BCUT2D eigenvalue weighted by molar-refractivity contribution is -0.137. The van der Waals surface area contributed by atoms with Gasteiger partial charge in [0.25, 0.3) is 10.0 Å². The third-order valence-electron chi connectivity index (χ3n) is 8.83. The fraction of sp³-hybridized carbons (Fsp3) is 0.353. The van der Waals surface area contributed by atoms with Crippen LogP contribution < -0.4 is 19.1 Å². The molecule has 1 fully saturated rings. The first-order chi connectivity index (χ1) is 23.6. The number of benzene rings is 3. The van der Waals surface area contributed by atoms with Gasteiger partial charge in [-0.05, 0) is 75.3 Å². The van der Waals surface area contributed by atoms with Crippen LogP contribution in [0.25, 0.3) is 0 Å². The second-order valence-corrected chi connectivity index (χ2v) is 14.4. The summed E-state index contributed by atoms with van der Waals surface area (Å²) in [4.78, 5) is 9.07. The van der Waals surface area contributed by atoms with Crippen molar-refractivity contribution in [2.75, 3.05) is 37.9 Å². The van der Waals surface area contributed by atoms with Gasteiger partial charge in [0, 0.05) is 36.0 Å². The maximum absolute atomic E-state index is 16.0. The fourth-order valence-electron chi connectivity index (χ4n) is 6.15. The van der Waals surface area contributed by atoms with E-state index in [1.807, 2.05) is 4.90 Å². The van der Waals surface area contributed by atoms with Gasteiger partial charge in [-0.15, -0.1) is 0 Å². The highest BCUT2D eigenvalue weighted by Gasteiger charge is 2.43. The Balaban J connectivity index is 1.44. The summed E-state index contributed by atoms with van der Waals surface area (Å²) in [5.74, 6) is -0.299. The Morgan fingerprint density at radius 1 is 1.08 bits per heavy atom. The minimum Gasteiger partial charge on any atom is -0.497 e. The number of aliphatic hydroxyl groups is 1. The van der Waals surface area contributed by atoms with Crippen molar-refractivity contribution in [2.45, 2.75) is 54.6 Å². The summed E-state index contributed by atoms with van der Waals surface area (Å²) in [6.07, 6.45) is -1.61. The first-order valence-electron chi connectivity index (χ1n) is 15.4. The Morgan fingerprint density at radius 3 is 2.48 bits per heavy atom. The number of aromatic nitrogens is 2. The van der Waals surface area contributed by atoms with Crippen LogP contribution in [0.15, 0.2) is 78.1 Å². The molecule has 2 N–H and O–H groups in total. The standard InChI is InChI=1S/C34H36ClF4N5O5S/c1-43(2)29-18-33(45,22-6-5-7-23(14-22)34(37,38)39)12-10-27(29)42-28-17-26(36)31(16-25(28)35)50(46,47)44(32-11-13-40-20-41-32)19-21-8-9-24(48-3)15-30(21)49-4/h5-9,11,13-17,20,27,29,42,45H,10,12,18-19H2,1-4H3/t27-,29-,33-/m0/s1. The molecule has 1 heterocycles. The highest BCUT2D eigenvalue weighted by molar-refractivity contribution is 7.92. The number of methoxy groups -OCH3 is 2. The summed E-state index contributed by atoms with van der Waals surface area (Å²) in [6.45, 7) is -0.287. The minimum atomic E-state index is -4.63. The predicted molar refractivity (Wildman–Crippen MR) is 180 cm³/mol. The molecule has 10 nitrogen and oxygen atoms in total. The van der Waals surface area contributed by atoms with E-state index in [0.717, 1.165) is 28.6 Å². The van der Waals surface area contributed by atoms with Crippen molar-refractivity contribution in [1.29, 1.82) is 0 Å². The summed E-state index contributed by atoms with van der Waals surface area (Å²) in [6, 6.07) is 12.0. The molecule has 1 saturated carbocycles. The first kappa shape index (κ1) is 37.1. The van der Waals surface area contributed by atoms with Gasteiger partial charge < -0.3 is 24.8 Å². The van der Waals surface area contributed by atoms with E-state index in [2.05, 4.69) is 15.3 Å². The second kappa shape index (κ2) is 14.6. The van der Waals surface area contributed by atoms with E-state index in [1.54, 1.807) is 32.3 Å². The number of hydrogen-bond donors (Lipinski definition) is 2. The lowest BCUT2D eigenvalue weighted by atomic mass is 9.74. The van der Waals surface area contributed by atoms with Crippen molar-refractivity contribution >= 4 is 33.1 Å². The largest absolute Gasteiger partial charge is 0.497 e. The van der Waals surface area contributed by atoms with Crippen molar-refractivity contribution in [3.63, 3.8) is 0 Å². The lowest BCUT2D eigenvalue weighted by Crippen LogP contribution is -2.52. The van der Waals surface area contributed by atoms with Gasteiger partial charge in [0.15, 0.2) is 0 Å². The zero-order valence-corrected chi connectivity index (χ0v) is 29.2. The molecular weight excluding hydrogens is 702 g/mol. The first-order valence-corrected chi connectivity index (χ1v) is 17.2. The smallest absolute Gasteiger partial charge is 0.416 e. The summed E-state index contributed by atoms with van der Waals surface area (Å²) in [7, 11) is 1.79. The predicted octanol–water partition coefficient (Wildman–Crippen LogP) is 6.48. The summed E-state index contributed by atoms with van der Waals surface area (Å²) in [5.41, 5.74) is -1.72. The molecule has 268 valence electrons. The van der Waals surface area contributed by atoms with Gasteiger partial charge in [-0.25, -0.2) is 27.1 Å². The average Bonchev–Trinajstić information content (AvgIpc) is 3.09. The molecule has 0 saturated heterocycles. The summed E-state index contributed by atoms with van der Waals surface area (Å²) in [5, 5.41) is 14.7. The zero-order chi connectivity index (χ0) is 36.4. The van der Waals surface area contributed by atoms with Crippen molar-refractivity contribution in [3.05, 3.63) is 101 Å². The quantitative estimate of drug-likeness (QED) is 0.167. The monoisotopic (exact) mass is 737 g/mol. The summed E-state index contributed by atoms with van der Waals surface area (Å²) >= 11 is 6.62. The Morgan fingerprint density at radius 2 is 1.84 bits per heavy atom. The van der Waals surface area contributed by atoms with Crippen LogP contribution in [0, 0.1) is 5.82 Å². The van der Waals surface area contributed by atoms with E-state index in [1.165, 1.54) is 44.9 Å². The topological polar surface area (TPSA) is 117 Å². The summed E-state index contributed by atoms with van der Waals surface area (Å²) < 4.78 is 96.1. The molecule has 0 aliphatic heterocycles. The fourth-order valence-corrected chi connectivity index (χ4v) is 7.90. The van der Waals surface area contributed by atoms with Crippen molar-refractivity contribution < 1.29 is 40.6 Å². The molecule has 1 aliphatic rings. The number of nitrogens with zero attached hydrogens (tertiary/aromatic N) is 4. The number of anilines is 2. The van der Waals surface area contributed by atoms with Gasteiger partial charge in [0.2, 0.25) is 0 Å². The average molecular weight is 738 g/mol. The van der Waals surface area contributed by atoms with Crippen molar-refractivity contribution in [1.82, 2.24) is 14.9 Å². The molecule has 1 aromatic heterocycles. The van der Waals surface area contributed by atoms with Crippen LogP contribution in [0.2, 0.25) is 5.02 Å². The molecule has 4 aromatic rings. The number of halogens is 5. The maximum atomic E-state index is 16.0. The molecule has 0 spiro atoms. The Kier molecular flexibility index (Phi) is 10.8. The molecule has 0 amide bonds. The van der Waals surface area contributed by atoms with E-state index in [9.17, 15) is 26.7 Å². The Labute approximate surface area is 292 Å². The number of hydrogen-bond acceptors (Lipinski definition) is 9. The minimum absolute atomic E-state index is 0.0279. The van der Waals surface area contributed by atoms with Gasteiger partial charge in [-0.2, -0.15) is 13.2 Å². The highest BCUT2D eigenvalue weighted by Crippen LogP contribution is 2.42. The van der Waals surface area contributed by atoms with Crippen molar-refractivity contribution in [2.24, 2.45) is 0 Å². The zero-order valence-electron chi connectivity index (χ0n) is 27.6. The number of rotatable bonds is 11. The van der Waals surface area contributed by atoms with E-state index < -0.39 is 50.2 Å². The van der Waals surface area contributed by atoms with Crippen LogP contribution in [0.5, 0.6) is 11.5 Å². The van der Waals surface area contributed by atoms with Crippen LogP contribution >= 0.6 is 11.6 Å². The molecule has 16 heteroatoms. The van der Waals surface area contributed by atoms with Crippen LogP contribution in [-0.4, -0.2) is 68.8 Å². The maximum Gasteiger partial charge on any atom is 0.416 e. The van der Waals surface area contributed by atoms with E-state index in [4.69, 9.17) is 21.1 Å². The van der Waals surface area contributed by atoms with Crippen LogP contribution in [-0.2, 0) is 28.3 Å². The van der Waals surface area contributed by atoms with Gasteiger partial charge in [-0.3, -0.25) is 0 Å². The number of ether oxygens (including phenoxy) is 2. The molecule has 0 bridgehead atoms. The van der Waals surface area contributed by atoms with Gasteiger partial charge in [0.05, 0.1) is 42.6 Å². The van der Waals surface area contributed by atoms with E-state index in [-0.39, 0.29) is 47.9 Å². The van der Waals surface area contributed by atoms with Crippen LogP contribution in [0.4, 0.5) is 29.1 Å². The molecule has 0 unspecified atom stereocenters. The van der Waals surface area contributed by atoms with Gasteiger partial charge in [-0.1, -0.05) is 23.7 Å². The number of nitrogens with one attached hydrogen (secondary N) is 1. The third kappa shape index (κ3) is 7.75. The van der Waals surface area contributed by atoms with E-state index >= 15 is 4.39 Å². The van der Waals surface area contributed by atoms with Gasteiger partial charge in [0.1, 0.15) is 34.4 Å². The lowest BCUT2D eigenvalue weighted by Gasteiger charge is -2.45. The Bertz CT molecular complexity index is 1940. The van der Waals surface area contributed by atoms with Gasteiger partial charge >= 0.3 is 6.18 Å². The number of sulfonamides is 1. The molecule has 50 heavy (non-hydrogen) atoms. The third-order valence-corrected chi connectivity index (χ3v) is 10.9. The highest BCUT2D eigenvalue weighted by atomic mass is 35.5. The number of likely N-dealkylation sites (N-methyl/N-ethyl adjacent to an activating group) is 1. The van der Waals surface area contributed by atoms with Crippen LogP contribution in [0.1, 0.15) is 36.0 Å². The molecule has 5 rings (SSSR count). The molecule has 1 aliphatic carbocycles. The second-order valence-electron chi connectivity index (χ2n) is 12.2. The number of alkyl halides is 3. The SMILES string of the molecule is COc1ccc(CN(c2ccncn2)S(=O)(=O)c2cc(Cl)c(N[C@H]3CC[C@@](O)(c4cccc(C(F)(F)F)c4)C[C@@H]3N(C)C)cc2F)c(OC)c1. The normalized spacial score (nSPS) is 19.7. The van der Waals surface area contributed by atoms with Crippen molar-refractivity contribution in [3.8, 4) is 11.5 Å². The molecule has 0 radical (unpaired) electrons. The van der Waals surface area contributed by atoms with E-state index in [0.29, 0.717) is 17.1 Å². The molecule has 3 atom stereocenters. The Hall–Kier alpha value is -4.18.